The van der Waals surface area contributed by atoms with E-state index in [1.807, 2.05) is 4.90 Å². The molecular weight excluding hydrogens is 306 g/mol. The summed E-state index contributed by atoms with van der Waals surface area (Å²) in [6.07, 6.45) is 3.68. The molecule has 1 aromatic rings. The third-order valence-corrected chi connectivity index (χ3v) is 5.34. The van der Waals surface area contributed by atoms with Gasteiger partial charge in [0.2, 0.25) is 0 Å². The Morgan fingerprint density at radius 1 is 1.38 bits per heavy atom. The first kappa shape index (κ1) is 17.4. The lowest BCUT2D eigenvalue weighted by atomic mass is 10.0. The van der Waals surface area contributed by atoms with E-state index >= 15 is 0 Å². The molecule has 0 radical (unpaired) electrons. The molecule has 1 aromatic heterocycles. The van der Waals surface area contributed by atoms with Crippen LogP contribution in [-0.4, -0.2) is 58.2 Å². The van der Waals surface area contributed by atoms with Gasteiger partial charge in [0.05, 0.1) is 12.2 Å². The predicted molar refractivity (Wildman–Crippen MR) is 90.6 cm³/mol. The number of carbonyl (C=O) groups is 1. The smallest absolute Gasteiger partial charge is 0.276 e. The second kappa shape index (κ2) is 7.23. The summed E-state index contributed by atoms with van der Waals surface area (Å²) < 4.78 is 5.12. The van der Waals surface area contributed by atoms with Gasteiger partial charge >= 0.3 is 0 Å². The molecule has 1 saturated heterocycles. The molecule has 134 valence electrons. The monoisotopic (exact) mass is 335 g/mol. The quantitative estimate of drug-likeness (QED) is 0.892. The molecule has 1 aliphatic carbocycles. The van der Waals surface area contributed by atoms with Gasteiger partial charge in [-0.2, -0.15) is 0 Å². The Balaban J connectivity index is 1.76. The van der Waals surface area contributed by atoms with Crippen LogP contribution < -0.4 is 0 Å². The molecule has 24 heavy (non-hydrogen) atoms. The highest BCUT2D eigenvalue weighted by Gasteiger charge is 2.34. The van der Waals surface area contributed by atoms with Gasteiger partial charge in [0.15, 0.2) is 5.69 Å². The molecule has 2 heterocycles. The average molecular weight is 335 g/mol. The third-order valence-electron chi connectivity index (χ3n) is 5.34. The van der Waals surface area contributed by atoms with Gasteiger partial charge in [-0.05, 0) is 38.0 Å². The Morgan fingerprint density at radius 3 is 2.75 bits per heavy atom. The Hall–Kier alpha value is -1.40. The van der Waals surface area contributed by atoms with Gasteiger partial charge in [-0.25, -0.2) is 0 Å². The normalized spacial score (nSPS) is 22.9. The van der Waals surface area contributed by atoms with Crippen LogP contribution in [0.15, 0.2) is 4.52 Å². The fourth-order valence-electron chi connectivity index (χ4n) is 3.63. The van der Waals surface area contributed by atoms with Crippen LogP contribution in [0, 0.1) is 18.8 Å². The standard InChI is InChI=1S/C18H29N3O3/c1-12(2)16-10-21(8-4-7-20(16)9-14-5-6-14)18(23)17-15(11-22)13(3)24-19-17/h12,14,16,22H,4-11H2,1-3H3/t16-/m0/s1. The number of aromatic nitrogens is 1. The number of aryl methyl sites for hydroxylation is 1. The molecular formula is C18H29N3O3. The first-order chi connectivity index (χ1) is 11.5. The zero-order chi connectivity index (χ0) is 17.3. The zero-order valence-corrected chi connectivity index (χ0v) is 15.0. The number of nitrogens with zero attached hydrogens (tertiary/aromatic N) is 3. The fraction of sp³-hybridized carbons (Fsp3) is 0.778. The lowest BCUT2D eigenvalue weighted by molar-refractivity contribution is 0.0691. The largest absolute Gasteiger partial charge is 0.391 e. The Bertz CT molecular complexity index is 580. The molecule has 1 atom stereocenters. The molecule has 6 nitrogen and oxygen atoms in total. The van der Waals surface area contributed by atoms with Crippen molar-refractivity contribution in [3.05, 3.63) is 17.0 Å². The van der Waals surface area contributed by atoms with Gasteiger partial charge in [0.1, 0.15) is 5.76 Å². The van der Waals surface area contributed by atoms with Crippen molar-refractivity contribution in [2.45, 2.75) is 52.7 Å². The van der Waals surface area contributed by atoms with Crippen LogP contribution in [0.4, 0.5) is 0 Å². The Labute approximate surface area is 143 Å². The number of rotatable bonds is 5. The molecule has 3 rings (SSSR count). The van der Waals surface area contributed by atoms with Crippen molar-refractivity contribution in [3.8, 4) is 0 Å². The number of hydrogen-bond acceptors (Lipinski definition) is 5. The summed E-state index contributed by atoms with van der Waals surface area (Å²) >= 11 is 0. The van der Waals surface area contributed by atoms with E-state index in [1.165, 1.54) is 12.8 Å². The van der Waals surface area contributed by atoms with Gasteiger partial charge in [0, 0.05) is 32.2 Å². The molecule has 0 spiro atoms. The minimum Gasteiger partial charge on any atom is -0.391 e. The first-order valence-corrected chi connectivity index (χ1v) is 9.10. The highest BCUT2D eigenvalue weighted by Crippen LogP contribution is 2.32. The van der Waals surface area contributed by atoms with Crippen molar-refractivity contribution in [3.63, 3.8) is 0 Å². The molecule has 1 saturated carbocycles. The summed E-state index contributed by atoms with van der Waals surface area (Å²) in [6, 6.07) is 0.377. The molecule has 1 amide bonds. The van der Waals surface area contributed by atoms with E-state index in [2.05, 4.69) is 23.9 Å². The van der Waals surface area contributed by atoms with Crippen molar-refractivity contribution < 1.29 is 14.4 Å². The zero-order valence-electron chi connectivity index (χ0n) is 15.0. The molecule has 0 unspecified atom stereocenters. The van der Waals surface area contributed by atoms with Crippen LogP contribution in [0.3, 0.4) is 0 Å². The van der Waals surface area contributed by atoms with Gasteiger partial charge < -0.3 is 14.5 Å². The lowest BCUT2D eigenvalue weighted by Crippen LogP contribution is -2.46. The van der Waals surface area contributed by atoms with E-state index in [0.29, 0.717) is 23.3 Å². The van der Waals surface area contributed by atoms with Crippen LogP contribution in [0.5, 0.6) is 0 Å². The molecule has 2 fully saturated rings. The first-order valence-electron chi connectivity index (χ1n) is 9.10. The van der Waals surface area contributed by atoms with Crippen molar-refractivity contribution in [1.82, 2.24) is 15.0 Å². The Morgan fingerprint density at radius 2 is 2.12 bits per heavy atom. The van der Waals surface area contributed by atoms with Gasteiger partial charge in [0.25, 0.3) is 5.91 Å². The predicted octanol–water partition coefficient (Wildman–Crippen LogP) is 2.06. The molecule has 0 aromatic carbocycles. The van der Waals surface area contributed by atoms with Gasteiger partial charge in [-0.3, -0.25) is 9.69 Å². The highest BCUT2D eigenvalue weighted by molar-refractivity contribution is 5.93. The second-order valence-electron chi connectivity index (χ2n) is 7.58. The summed E-state index contributed by atoms with van der Waals surface area (Å²) in [5.74, 6) is 1.75. The topological polar surface area (TPSA) is 69.8 Å². The number of aliphatic hydroxyl groups is 1. The van der Waals surface area contributed by atoms with Crippen LogP contribution in [0.2, 0.25) is 0 Å². The maximum Gasteiger partial charge on any atom is 0.276 e. The summed E-state index contributed by atoms with van der Waals surface area (Å²) in [4.78, 5) is 17.4. The van der Waals surface area contributed by atoms with E-state index in [4.69, 9.17) is 4.52 Å². The number of carbonyl (C=O) groups excluding carboxylic acids is 1. The number of amides is 1. The average Bonchev–Trinajstić information content (AvgIpc) is 3.32. The van der Waals surface area contributed by atoms with Gasteiger partial charge in [-0.15, -0.1) is 0 Å². The van der Waals surface area contributed by atoms with Crippen molar-refractivity contribution in [2.24, 2.45) is 11.8 Å². The summed E-state index contributed by atoms with van der Waals surface area (Å²) in [5, 5.41) is 13.4. The van der Waals surface area contributed by atoms with E-state index < -0.39 is 0 Å². The third kappa shape index (κ3) is 3.64. The molecule has 6 heteroatoms. The molecule has 1 aliphatic heterocycles. The van der Waals surface area contributed by atoms with Crippen LogP contribution in [0.1, 0.15) is 54.9 Å². The molecule has 2 aliphatic rings. The minimum atomic E-state index is -0.217. The SMILES string of the molecule is Cc1onc(C(=O)N2CCCN(CC3CC3)[C@H](C(C)C)C2)c1CO. The van der Waals surface area contributed by atoms with Crippen molar-refractivity contribution >= 4 is 5.91 Å². The fourth-order valence-corrected chi connectivity index (χ4v) is 3.63. The van der Waals surface area contributed by atoms with Crippen LogP contribution in [0.25, 0.3) is 0 Å². The second-order valence-corrected chi connectivity index (χ2v) is 7.58. The van der Waals surface area contributed by atoms with E-state index in [9.17, 15) is 9.90 Å². The van der Waals surface area contributed by atoms with Gasteiger partial charge in [-0.1, -0.05) is 19.0 Å². The molecule has 0 bridgehead atoms. The van der Waals surface area contributed by atoms with E-state index in [1.54, 1.807) is 6.92 Å². The van der Waals surface area contributed by atoms with E-state index in [0.717, 1.165) is 38.5 Å². The number of aliphatic hydroxyl groups excluding tert-OH is 1. The van der Waals surface area contributed by atoms with Crippen molar-refractivity contribution in [2.75, 3.05) is 26.2 Å². The minimum absolute atomic E-state index is 0.116. The summed E-state index contributed by atoms with van der Waals surface area (Å²) in [7, 11) is 0. The highest BCUT2D eigenvalue weighted by atomic mass is 16.5. The summed E-state index contributed by atoms with van der Waals surface area (Å²) in [5.41, 5.74) is 0.785. The van der Waals surface area contributed by atoms with Crippen LogP contribution in [-0.2, 0) is 6.61 Å². The van der Waals surface area contributed by atoms with Crippen LogP contribution >= 0.6 is 0 Å². The molecule has 1 N–H and O–H groups in total. The van der Waals surface area contributed by atoms with E-state index in [-0.39, 0.29) is 18.2 Å². The Kier molecular flexibility index (Phi) is 5.25. The van der Waals surface area contributed by atoms with Crippen molar-refractivity contribution in [1.29, 1.82) is 0 Å². The maximum absolute atomic E-state index is 12.9. The number of hydrogen-bond donors (Lipinski definition) is 1. The maximum atomic E-state index is 12.9. The lowest BCUT2D eigenvalue weighted by Gasteiger charge is -2.34. The summed E-state index contributed by atoms with van der Waals surface area (Å²) in [6.45, 7) is 9.65.